The summed E-state index contributed by atoms with van der Waals surface area (Å²) < 4.78 is 7.11. The molecule has 0 fully saturated rings. The summed E-state index contributed by atoms with van der Waals surface area (Å²) in [4.78, 5) is 12.2. The van der Waals surface area contributed by atoms with Gasteiger partial charge in [-0.25, -0.2) is 9.97 Å². The molecule has 0 bridgehead atoms. The van der Waals surface area contributed by atoms with Crippen molar-refractivity contribution in [2.45, 2.75) is 32.6 Å². The molecule has 0 aliphatic carbocycles. The molecule has 0 aliphatic heterocycles. The van der Waals surface area contributed by atoms with Crippen molar-refractivity contribution in [1.29, 1.82) is 5.26 Å². The van der Waals surface area contributed by atoms with Crippen LogP contribution in [-0.2, 0) is 26.3 Å². The number of benzene rings is 1. The van der Waals surface area contributed by atoms with Gasteiger partial charge in [-0.1, -0.05) is 0 Å². The van der Waals surface area contributed by atoms with E-state index >= 15 is 0 Å². The van der Waals surface area contributed by atoms with Crippen LogP contribution in [0.5, 0.6) is 5.88 Å². The van der Waals surface area contributed by atoms with Gasteiger partial charge in [0.2, 0.25) is 5.88 Å². The second kappa shape index (κ2) is 8.37. The lowest BCUT2D eigenvalue weighted by molar-refractivity contribution is 0.392. The third-order valence-electron chi connectivity index (χ3n) is 5.45. The van der Waals surface area contributed by atoms with Crippen molar-refractivity contribution >= 4 is 10.9 Å². The largest absolute Gasteiger partial charge is 0.480 e. The third-order valence-corrected chi connectivity index (χ3v) is 5.45. The minimum Gasteiger partial charge on any atom is -0.480 e. The van der Waals surface area contributed by atoms with E-state index in [0.717, 1.165) is 52.8 Å². The molecule has 3 aromatic heterocycles. The molecule has 152 valence electrons. The first-order chi connectivity index (χ1) is 14.6. The Bertz CT molecular complexity index is 1220. The molecular formula is C23H24N6O. The van der Waals surface area contributed by atoms with Crippen LogP contribution in [0.4, 0.5) is 0 Å². The number of nitrogens with one attached hydrogen (secondary N) is 1. The lowest BCUT2D eigenvalue weighted by Crippen LogP contribution is -2.02. The molecule has 0 saturated carbocycles. The van der Waals surface area contributed by atoms with Crippen LogP contribution in [0.15, 0.2) is 36.8 Å². The predicted molar refractivity (Wildman–Crippen MR) is 115 cm³/mol. The molecule has 0 aliphatic rings. The van der Waals surface area contributed by atoms with Crippen molar-refractivity contribution in [3.05, 3.63) is 59.2 Å². The van der Waals surface area contributed by atoms with Gasteiger partial charge in [-0.3, -0.25) is 4.68 Å². The number of aryl methyl sites for hydroxylation is 5. The molecule has 30 heavy (non-hydrogen) atoms. The van der Waals surface area contributed by atoms with Gasteiger partial charge in [0.25, 0.3) is 0 Å². The Labute approximate surface area is 175 Å². The van der Waals surface area contributed by atoms with Gasteiger partial charge in [-0.15, -0.1) is 5.10 Å². The van der Waals surface area contributed by atoms with Crippen LogP contribution in [0.3, 0.4) is 0 Å². The molecule has 0 radical (unpaired) electrons. The fraction of sp³-hybridized carbons (Fsp3) is 0.304. The molecule has 0 amide bonds. The van der Waals surface area contributed by atoms with E-state index in [1.807, 2.05) is 17.8 Å². The molecule has 7 heteroatoms. The minimum absolute atomic E-state index is 0.510. The summed E-state index contributed by atoms with van der Waals surface area (Å²) in [5, 5.41) is 14.5. The van der Waals surface area contributed by atoms with Crippen LogP contribution < -0.4 is 4.74 Å². The maximum absolute atomic E-state index is 9.00. The SMILES string of the molecule is COc1cc(CCc2cc(-c3cnc[nH]3)nc3cc(C)c(CCC#N)cc23)n(C)n1. The number of nitrogens with zero attached hydrogens (tertiary/aromatic N) is 5. The number of hydrogen-bond donors (Lipinski definition) is 1. The van der Waals surface area contributed by atoms with Gasteiger partial charge in [0.05, 0.1) is 42.6 Å². The standard InChI is InChI=1S/C23H24N6O/c1-15-9-20-19(10-16(15)5-4-8-24)17(11-21(27-20)22-13-25-14-26-22)6-7-18-12-23(30-3)28-29(18)2/h9-14H,4-7H2,1-3H3,(H,25,26). The van der Waals surface area contributed by atoms with Crippen LogP contribution in [0.1, 0.15) is 28.8 Å². The van der Waals surface area contributed by atoms with E-state index in [-0.39, 0.29) is 0 Å². The summed E-state index contributed by atoms with van der Waals surface area (Å²) in [6.07, 6.45) is 6.38. The first-order valence-electron chi connectivity index (χ1n) is 9.94. The normalized spacial score (nSPS) is 11.0. The minimum atomic E-state index is 0.510. The summed E-state index contributed by atoms with van der Waals surface area (Å²) in [6, 6.07) is 10.7. The average molecular weight is 400 g/mol. The number of fused-ring (bicyclic) bond motifs is 1. The summed E-state index contributed by atoms with van der Waals surface area (Å²) in [5.41, 5.74) is 7.41. The van der Waals surface area contributed by atoms with Gasteiger partial charge in [-0.05, 0) is 61.1 Å². The zero-order valence-corrected chi connectivity index (χ0v) is 17.4. The van der Waals surface area contributed by atoms with Crippen molar-refractivity contribution in [2.24, 2.45) is 7.05 Å². The van der Waals surface area contributed by atoms with E-state index in [0.29, 0.717) is 12.3 Å². The van der Waals surface area contributed by atoms with E-state index in [4.69, 9.17) is 15.0 Å². The van der Waals surface area contributed by atoms with Crippen molar-refractivity contribution < 1.29 is 4.74 Å². The smallest absolute Gasteiger partial charge is 0.232 e. The molecular weight excluding hydrogens is 376 g/mol. The maximum atomic E-state index is 9.00. The van der Waals surface area contributed by atoms with E-state index in [2.05, 4.69) is 46.3 Å². The number of rotatable bonds is 7. The summed E-state index contributed by atoms with van der Waals surface area (Å²) in [6.45, 7) is 2.08. The first-order valence-corrected chi connectivity index (χ1v) is 9.94. The zero-order valence-electron chi connectivity index (χ0n) is 17.4. The molecule has 0 unspecified atom stereocenters. The van der Waals surface area contributed by atoms with Gasteiger partial charge >= 0.3 is 0 Å². The highest BCUT2D eigenvalue weighted by molar-refractivity contribution is 5.86. The molecule has 1 aromatic carbocycles. The molecule has 3 heterocycles. The Morgan fingerprint density at radius 1 is 1.13 bits per heavy atom. The number of hydrogen-bond acceptors (Lipinski definition) is 5. The molecule has 7 nitrogen and oxygen atoms in total. The number of nitriles is 1. The Hall–Kier alpha value is -3.66. The van der Waals surface area contributed by atoms with E-state index in [9.17, 15) is 0 Å². The monoisotopic (exact) mass is 400 g/mol. The topological polar surface area (TPSA) is 92.4 Å². The highest BCUT2D eigenvalue weighted by Gasteiger charge is 2.13. The van der Waals surface area contributed by atoms with Gasteiger partial charge in [0.15, 0.2) is 0 Å². The maximum Gasteiger partial charge on any atom is 0.232 e. The summed E-state index contributed by atoms with van der Waals surface area (Å²) in [5.74, 6) is 0.625. The summed E-state index contributed by atoms with van der Waals surface area (Å²) >= 11 is 0. The fourth-order valence-electron chi connectivity index (χ4n) is 3.77. The second-order valence-corrected chi connectivity index (χ2v) is 7.39. The number of ether oxygens (including phenoxy) is 1. The van der Waals surface area contributed by atoms with Gasteiger partial charge in [-0.2, -0.15) is 5.26 Å². The molecule has 0 spiro atoms. The van der Waals surface area contributed by atoms with Gasteiger partial charge in [0.1, 0.15) is 0 Å². The van der Waals surface area contributed by atoms with E-state index in [1.54, 1.807) is 19.6 Å². The van der Waals surface area contributed by atoms with Crippen molar-refractivity contribution in [3.8, 4) is 23.3 Å². The number of pyridine rings is 1. The van der Waals surface area contributed by atoms with E-state index < -0.39 is 0 Å². The molecule has 4 aromatic rings. The lowest BCUT2D eigenvalue weighted by atomic mass is 9.96. The second-order valence-electron chi connectivity index (χ2n) is 7.39. The van der Waals surface area contributed by atoms with E-state index in [1.165, 1.54) is 11.1 Å². The van der Waals surface area contributed by atoms with Crippen LogP contribution in [0, 0.1) is 18.3 Å². The van der Waals surface area contributed by atoms with Crippen LogP contribution in [0.2, 0.25) is 0 Å². The predicted octanol–water partition coefficient (Wildman–Crippen LogP) is 3.92. The molecule has 0 atom stereocenters. The van der Waals surface area contributed by atoms with Gasteiger partial charge in [0, 0.05) is 30.6 Å². The number of aromatic nitrogens is 5. The van der Waals surface area contributed by atoms with Crippen molar-refractivity contribution in [1.82, 2.24) is 24.7 Å². The number of imidazole rings is 1. The molecule has 0 saturated heterocycles. The third kappa shape index (κ3) is 3.90. The number of H-pyrrole nitrogens is 1. The zero-order chi connectivity index (χ0) is 21.1. The quantitative estimate of drug-likeness (QED) is 0.508. The Morgan fingerprint density at radius 2 is 2.00 bits per heavy atom. The first kappa shape index (κ1) is 19.6. The van der Waals surface area contributed by atoms with Crippen LogP contribution in [-0.4, -0.2) is 31.8 Å². The average Bonchev–Trinajstić information content (AvgIpc) is 3.40. The Morgan fingerprint density at radius 3 is 2.70 bits per heavy atom. The van der Waals surface area contributed by atoms with Crippen LogP contribution in [0.25, 0.3) is 22.3 Å². The fourth-order valence-corrected chi connectivity index (χ4v) is 3.77. The Balaban J connectivity index is 1.77. The lowest BCUT2D eigenvalue weighted by Gasteiger charge is -2.13. The highest BCUT2D eigenvalue weighted by Crippen LogP contribution is 2.28. The summed E-state index contributed by atoms with van der Waals surface area (Å²) in [7, 11) is 3.56. The number of methoxy groups -OCH3 is 1. The highest BCUT2D eigenvalue weighted by atomic mass is 16.5. The Kier molecular flexibility index (Phi) is 5.48. The van der Waals surface area contributed by atoms with Crippen LogP contribution >= 0.6 is 0 Å². The van der Waals surface area contributed by atoms with Gasteiger partial charge < -0.3 is 9.72 Å². The number of aromatic amines is 1. The van der Waals surface area contributed by atoms with Crippen molar-refractivity contribution in [2.75, 3.05) is 7.11 Å². The van der Waals surface area contributed by atoms with Crippen molar-refractivity contribution in [3.63, 3.8) is 0 Å². The molecule has 1 N–H and O–H groups in total. The molecule has 4 rings (SSSR count).